The summed E-state index contributed by atoms with van der Waals surface area (Å²) in [6.07, 6.45) is 7.61. The first-order chi connectivity index (χ1) is 8.33. The molecule has 0 fully saturated rings. The summed E-state index contributed by atoms with van der Waals surface area (Å²) in [7, 11) is 2.14. The SMILES string of the molecule is CN(CCCCCBr)c1cccc2nccn12. The highest BCUT2D eigenvalue weighted by Crippen LogP contribution is 2.15. The lowest BCUT2D eigenvalue weighted by molar-refractivity contribution is 0.705. The zero-order valence-electron chi connectivity index (χ0n) is 10.1. The van der Waals surface area contributed by atoms with Crippen LogP contribution in [0.25, 0.3) is 5.65 Å². The minimum absolute atomic E-state index is 1.01. The lowest BCUT2D eigenvalue weighted by Crippen LogP contribution is -2.20. The highest BCUT2D eigenvalue weighted by Gasteiger charge is 2.05. The van der Waals surface area contributed by atoms with Crippen LogP contribution in [-0.4, -0.2) is 28.3 Å². The third-order valence-corrected chi connectivity index (χ3v) is 3.49. The Hall–Kier alpha value is -1.03. The van der Waals surface area contributed by atoms with Gasteiger partial charge in [0.15, 0.2) is 0 Å². The van der Waals surface area contributed by atoms with E-state index in [4.69, 9.17) is 0 Å². The van der Waals surface area contributed by atoms with E-state index in [1.807, 2.05) is 18.5 Å². The molecular formula is C13H18BrN3. The van der Waals surface area contributed by atoms with Crippen molar-refractivity contribution < 1.29 is 0 Å². The van der Waals surface area contributed by atoms with Crippen LogP contribution in [-0.2, 0) is 0 Å². The third-order valence-electron chi connectivity index (χ3n) is 2.93. The van der Waals surface area contributed by atoms with Crippen LogP contribution in [0.2, 0.25) is 0 Å². The molecule has 0 N–H and O–H groups in total. The van der Waals surface area contributed by atoms with Gasteiger partial charge in [-0.15, -0.1) is 0 Å². The van der Waals surface area contributed by atoms with Gasteiger partial charge >= 0.3 is 0 Å². The van der Waals surface area contributed by atoms with Crippen molar-refractivity contribution in [3.8, 4) is 0 Å². The maximum atomic E-state index is 4.30. The van der Waals surface area contributed by atoms with Crippen molar-refractivity contribution in [1.29, 1.82) is 0 Å². The normalized spacial score (nSPS) is 10.9. The summed E-state index contributed by atoms with van der Waals surface area (Å²) in [5, 5.41) is 1.10. The molecule has 0 spiro atoms. The first kappa shape index (κ1) is 12.4. The molecule has 0 amide bonds. The molecule has 0 aliphatic heterocycles. The molecule has 92 valence electrons. The minimum Gasteiger partial charge on any atom is -0.361 e. The van der Waals surface area contributed by atoms with Gasteiger partial charge in [-0.2, -0.15) is 0 Å². The standard InChI is InChI=1S/C13H18BrN3/c1-16(10-4-2-3-8-14)13-7-5-6-12-15-9-11-17(12)13/h5-7,9,11H,2-4,8,10H2,1H3. The Bertz CT molecular complexity index is 466. The summed E-state index contributed by atoms with van der Waals surface area (Å²) in [6.45, 7) is 1.09. The lowest BCUT2D eigenvalue weighted by atomic mass is 10.2. The van der Waals surface area contributed by atoms with E-state index in [2.05, 4.69) is 49.4 Å². The maximum Gasteiger partial charge on any atom is 0.138 e. The molecule has 17 heavy (non-hydrogen) atoms. The summed E-state index contributed by atoms with van der Waals surface area (Å²) in [5.41, 5.74) is 1.01. The number of pyridine rings is 1. The van der Waals surface area contributed by atoms with Crippen LogP contribution in [0, 0.1) is 0 Å². The number of halogens is 1. The number of imidazole rings is 1. The zero-order chi connectivity index (χ0) is 12.1. The van der Waals surface area contributed by atoms with Gasteiger partial charge in [0.1, 0.15) is 11.5 Å². The third kappa shape index (κ3) is 3.00. The van der Waals surface area contributed by atoms with Crippen LogP contribution in [0.15, 0.2) is 30.6 Å². The molecule has 2 heterocycles. The Kier molecular flexibility index (Phi) is 4.42. The molecule has 3 nitrogen and oxygen atoms in total. The van der Waals surface area contributed by atoms with Gasteiger partial charge in [-0.1, -0.05) is 28.4 Å². The number of rotatable bonds is 6. The van der Waals surface area contributed by atoms with Gasteiger partial charge in [0, 0.05) is 31.3 Å². The van der Waals surface area contributed by atoms with E-state index >= 15 is 0 Å². The first-order valence-corrected chi connectivity index (χ1v) is 7.14. The molecule has 0 saturated heterocycles. The Morgan fingerprint density at radius 3 is 3.00 bits per heavy atom. The average Bonchev–Trinajstić information content (AvgIpc) is 2.82. The van der Waals surface area contributed by atoms with Gasteiger partial charge < -0.3 is 4.90 Å². The van der Waals surface area contributed by atoms with E-state index < -0.39 is 0 Å². The molecule has 2 rings (SSSR count). The minimum atomic E-state index is 1.01. The largest absolute Gasteiger partial charge is 0.361 e. The molecule has 2 aromatic rings. The van der Waals surface area contributed by atoms with E-state index in [-0.39, 0.29) is 0 Å². The van der Waals surface area contributed by atoms with Crippen LogP contribution in [0.1, 0.15) is 19.3 Å². The predicted octanol–water partition coefficient (Wildman–Crippen LogP) is 3.34. The number of unbranched alkanes of at least 4 members (excludes halogenated alkanes) is 2. The van der Waals surface area contributed by atoms with Crippen molar-refractivity contribution in [1.82, 2.24) is 9.38 Å². The highest BCUT2D eigenvalue weighted by molar-refractivity contribution is 9.09. The average molecular weight is 296 g/mol. The van der Waals surface area contributed by atoms with Crippen LogP contribution >= 0.6 is 15.9 Å². The summed E-state index contributed by atoms with van der Waals surface area (Å²) >= 11 is 3.46. The predicted molar refractivity (Wildman–Crippen MR) is 76.1 cm³/mol. The van der Waals surface area contributed by atoms with Crippen molar-refractivity contribution in [2.24, 2.45) is 0 Å². The fourth-order valence-electron chi connectivity index (χ4n) is 1.98. The van der Waals surface area contributed by atoms with Crippen LogP contribution in [0.5, 0.6) is 0 Å². The highest BCUT2D eigenvalue weighted by atomic mass is 79.9. The number of alkyl halides is 1. The van der Waals surface area contributed by atoms with Gasteiger partial charge in [-0.25, -0.2) is 4.98 Å². The van der Waals surface area contributed by atoms with Gasteiger partial charge in [0.2, 0.25) is 0 Å². The molecule has 4 heteroatoms. The Labute approximate surface area is 111 Å². The van der Waals surface area contributed by atoms with Crippen molar-refractivity contribution in [3.63, 3.8) is 0 Å². The van der Waals surface area contributed by atoms with Gasteiger partial charge in [0.05, 0.1) is 0 Å². The number of hydrogen-bond donors (Lipinski definition) is 0. The molecule has 0 aromatic carbocycles. The fourth-order valence-corrected chi connectivity index (χ4v) is 2.37. The van der Waals surface area contributed by atoms with E-state index in [9.17, 15) is 0 Å². The molecule has 0 unspecified atom stereocenters. The second-order valence-electron chi connectivity index (χ2n) is 4.21. The number of fused-ring (bicyclic) bond motifs is 1. The summed E-state index contributed by atoms with van der Waals surface area (Å²) in [4.78, 5) is 6.60. The van der Waals surface area contributed by atoms with Crippen molar-refractivity contribution in [3.05, 3.63) is 30.6 Å². The number of nitrogens with zero attached hydrogens (tertiary/aromatic N) is 3. The van der Waals surface area contributed by atoms with Crippen LogP contribution < -0.4 is 4.90 Å². The van der Waals surface area contributed by atoms with Gasteiger partial charge in [-0.3, -0.25) is 4.40 Å². The van der Waals surface area contributed by atoms with Gasteiger partial charge in [-0.05, 0) is 25.0 Å². The van der Waals surface area contributed by atoms with Crippen molar-refractivity contribution >= 4 is 27.4 Å². The number of hydrogen-bond acceptors (Lipinski definition) is 2. The number of anilines is 1. The summed E-state index contributed by atoms with van der Waals surface area (Å²) < 4.78 is 2.13. The quantitative estimate of drug-likeness (QED) is 0.602. The van der Waals surface area contributed by atoms with E-state index in [1.54, 1.807) is 0 Å². The molecule has 0 aliphatic rings. The molecular weight excluding hydrogens is 278 g/mol. The second kappa shape index (κ2) is 6.05. The monoisotopic (exact) mass is 295 g/mol. The van der Waals surface area contributed by atoms with E-state index in [0.717, 1.165) is 17.5 Å². The van der Waals surface area contributed by atoms with Crippen LogP contribution in [0.3, 0.4) is 0 Å². The Balaban J connectivity index is 2.03. The van der Waals surface area contributed by atoms with E-state index in [0.29, 0.717) is 0 Å². The Morgan fingerprint density at radius 2 is 2.18 bits per heavy atom. The van der Waals surface area contributed by atoms with E-state index in [1.165, 1.54) is 25.1 Å². The smallest absolute Gasteiger partial charge is 0.138 e. The maximum absolute atomic E-state index is 4.30. The first-order valence-electron chi connectivity index (χ1n) is 6.02. The molecule has 0 atom stereocenters. The topological polar surface area (TPSA) is 20.5 Å². The Morgan fingerprint density at radius 1 is 1.29 bits per heavy atom. The molecule has 0 bridgehead atoms. The molecule has 0 aliphatic carbocycles. The molecule has 0 saturated carbocycles. The van der Waals surface area contributed by atoms with Crippen LogP contribution in [0.4, 0.5) is 5.82 Å². The fraction of sp³-hybridized carbons (Fsp3) is 0.462. The van der Waals surface area contributed by atoms with Gasteiger partial charge in [0.25, 0.3) is 0 Å². The lowest BCUT2D eigenvalue weighted by Gasteiger charge is -2.20. The number of aromatic nitrogens is 2. The molecule has 2 aromatic heterocycles. The van der Waals surface area contributed by atoms with Crippen molar-refractivity contribution in [2.75, 3.05) is 23.8 Å². The second-order valence-corrected chi connectivity index (χ2v) is 5.00. The summed E-state index contributed by atoms with van der Waals surface area (Å²) in [6, 6.07) is 6.23. The zero-order valence-corrected chi connectivity index (χ0v) is 11.7. The van der Waals surface area contributed by atoms with Crippen molar-refractivity contribution in [2.45, 2.75) is 19.3 Å². The summed E-state index contributed by atoms with van der Waals surface area (Å²) in [5.74, 6) is 1.21. The molecule has 0 radical (unpaired) electrons.